The second-order valence-corrected chi connectivity index (χ2v) is 3.10. The van der Waals surface area contributed by atoms with Gasteiger partial charge >= 0.3 is 28.7 Å². The van der Waals surface area contributed by atoms with Crippen molar-refractivity contribution in [3.8, 4) is 0 Å². The molecule has 0 radical (unpaired) electrons. The van der Waals surface area contributed by atoms with Gasteiger partial charge in [0, 0.05) is 12.7 Å². The van der Waals surface area contributed by atoms with Crippen LogP contribution in [-0.2, 0) is 14.3 Å². The molecule has 1 N–H and O–H groups in total. The molecule has 0 fully saturated rings. The maximum absolute atomic E-state index is 12.4. The molecule has 0 amide bonds. The average Bonchev–Trinajstić information content (AvgIpc) is 2.23. The van der Waals surface area contributed by atoms with Crippen LogP contribution < -0.4 is 4.41 Å². The van der Waals surface area contributed by atoms with Crippen molar-refractivity contribution in [2.24, 2.45) is 5.10 Å². The Labute approximate surface area is 104 Å². The third kappa shape index (κ3) is 7.79. The molecule has 0 saturated heterocycles. The standard InChI is InChI=1S/C8H11F3N2O3.Al.2H/c1-2-15-5-16-7(14)3-6(4-13-12)8(9,10)11;;;/h3-4H,2,5H2,1H3,(H2,12,14);;;/q;+1;;/p-1. The van der Waals surface area contributed by atoms with E-state index in [1.165, 1.54) is 0 Å². The number of nitrogens with zero attached hydrogens (tertiary/aromatic N) is 1. The number of carbonyl (C=O) groups excluding carboxylic acids is 1. The number of alkyl halides is 3. The van der Waals surface area contributed by atoms with Crippen LogP contribution in [-0.4, -0.2) is 48.3 Å². The molecule has 17 heavy (non-hydrogen) atoms. The lowest BCUT2D eigenvalue weighted by Gasteiger charge is -2.07. The SMILES string of the molecule is CCOCOC(=O)/C=C(\C=N\[NH][AlH2])C(F)(F)F. The monoisotopic (exact) mass is 268 g/mol. The molecule has 0 aliphatic rings. The summed E-state index contributed by atoms with van der Waals surface area (Å²) in [5.41, 5.74) is -1.19. The Morgan fingerprint density at radius 3 is 2.65 bits per heavy atom. The van der Waals surface area contributed by atoms with E-state index >= 15 is 0 Å². The highest BCUT2D eigenvalue weighted by Gasteiger charge is 2.33. The van der Waals surface area contributed by atoms with Crippen molar-refractivity contribution in [1.29, 1.82) is 0 Å². The quantitative estimate of drug-likeness (QED) is 0.141. The van der Waals surface area contributed by atoms with Gasteiger partial charge in [-0.25, -0.2) is 9.90 Å². The summed E-state index contributed by atoms with van der Waals surface area (Å²) in [6, 6.07) is 0. The van der Waals surface area contributed by atoms with Gasteiger partial charge in [-0.15, -0.1) is 0 Å². The Morgan fingerprint density at radius 2 is 2.18 bits per heavy atom. The Kier molecular flexibility index (Phi) is 7.62. The van der Waals surface area contributed by atoms with Gasteiger partial charge in [0.1, 0.15) is 0 Å². The van der Waals surface area contributed by atoms with Crippen molar-refractivity contribution in [2.45, 2.75) is 13.1 Å². The number of nitrogens with one attached hydrogen (secondary N) is 1. The molecule has 0 saturated carbocycles. The molecule has 0 aliphatic heterocycles. The molecule has 9 heteroatoms. The van der Waals surface area contributed by atoms with Crippen LogP contribution in [0.1, 0.15) is 6.92 Å². The minimum Gasteiger partial charge on any atom is -0.435 e. The van der Waals surface area contributed by atoms with Crippen LogP contribution in [0.15, 0.2) is 16.8 Å². The first-order chi connectivity index (χ1) is 7.91. The summed E-state index contributed by atoms with van der Waals surface area (Å²) in [5, 5.41) is 3.25. The van der Waals surface area contributed by atoms with Crippen LogP contribution in [0.25, 0.3) is 0 Å². The molecule has 0 aromatic heterocycles. The largest absolute Gasteiger partial charge is 0.435 e. The Balaban J connectivity index is 4.57. The van der Waals surface area contributed by atoms with Gasteiger partial charge in [0.15, 0.2) is 6.79 Å². The molecular weight excluding hydrogens is 256 g/mol. The number of esters is 1. The highest BCUT2D eigenvalue weighted by atomic mass is 27.1. The minimum absolute atomic E-state index is 0.301. The summed E-state index contributed by atoms with van der Waals surface area (Å²) in [5.74, 6) is -1.13. The molecule has 0 unspecified atom stereocenters. The molecule has 0 aliphatic carbocycles. The zero-order valence-corrected chi connectivity index (χ0v) is 11.4. The van der Waals surface area contributed by atoms with Crippen LogP contribution in [0.2, 0.25) is 0 Å². The molecular formula is C8H12AlF3N2O3. The summed E-state index contributed by atoms with van der Waals surface area (Å²) in [6.45, 7) is 1.58. The van der Waals surface area contributed by atoms with E-state index in [0.717, 1.165) is 0 Å². The fraction of sp³-hybridized carbons (Fsp3) is 0.500. The first-order valence-corrected chi connectivity index (χ1v) is 5.65. The van der Waals surface area contributed by atoms with E-state index in [-0.39, 0.29) is 6.79 Å². The Morgan fingerprint density at radius 1 is 1.53 bits per heavy atom. The number of hydrazone groups is 1. The maximum Gasteiger partial charge on any atom is 0.418 e. The number of carbonyl (C=O) groups is 1. The second kappa shape index (κ2) is 8.11. The van der Waals surface area contributed by atoms with E-state index in [4.69, 9.17) is 0 Å². The van der Waals surface area contributed by atoms with Crippen LogP contribution >= 0.6 is 0 Å². The van der Waals surface area contributed by atoms with Gasteiger partial charge < -0.3 is 13.9 Å². The van der Waals surface area contributed by atoms with Gasteiger partial charge in [-0.3, -0.25) is 0 Å². The van der Waals surface area contributed by atoms with Crippen molar-refractivity contribution in [3.05, 3.63) is 11.6 Å². The molecule has 96 valence electrons. The minimum atomic E-state index is -4.66. The van der Waals surface area contributed by atoms with E-state index in [2.05, 4.69) is 19.0 Å². The van der Waals surface area contributed by atoms with Crippen LogP contribution in [0.5, 0.6) is 0 Å². The van der Waals surface area contributed by atoms with Crippen molar-refractivity contribution in [2.75, 3.05) is 13.4 Å². The average molecular weight is 268 g/mol. The van der Waals surface area contributed by atoms with Gasteiger partial charge in [0.25, 0.3) is 0 Å². The molecule has 0 bridgehead atoms. The normalized spacial score (nSPS) is 12.8. The number of ether oxygens (including phenoxy) is 2. The zero-order valence-electron chi connectivity index (χ0n) is 9.37. The van der Waals surface area contributed by atoms with Crippen LogP contribution in [0, 0.1) is 0 Å². The van der Waals surface area contributed by atoms with Gasteiger partial charge in [-0.2, -0.15) is 13.2 Å². The van der Waals surface area contributed by atoms with Crippen LogP contribution in [0.4, 0.5) is 13.2 Å². The third-order valence-electron chi connectivity index (χ3n) is 1.42. The molecule has 0 aromatic carbocycles. The highest BCUT2D eigenvalue weighted by Crippen LogP contribution is 2.23. The molecule has 0 rings (SSSR count). The first kappa shape index (κ1) is 16.0. The van der Waals surface area contributed by atoms with E-state index in [9.17, 15) is 18.0 Å². The summed E-state index contributed by atoms with van der Waals surface area (Å²) < 4.78 is 48.5. The Hall–Kier alpha value is -1.04. The highest BCUT2D eigenvalue weighted by molar-refractivity contribution is 6.04. The summed E-state index contributed by atoms with van der Waals surface area (Å²) in [7, 11) is 0. The summed E-state index contributed by atoms with van der Waals surface area (Å²) in [4.78, 5) is 11.0. The third-order valence-corrected chi connectivity index (χ3v) is 1.68. The lowest BCUT2D eigenvalue weighted by atomic mass is 10.2. The molecule has 0 atom stereocenters. The zero-order chi connectivity index (χ0) is 13.3. The first-order valence-electron chi connectivity index (χ1n) is 4.65. The van der Waals surface area contributed by atoms with E-state index in [1.807, 2.05) is 0 Å². The number of halogens is 3. The van der Waals surface area contributed by atoms with Gasteiger partial charge in [-0.05, 0) is 6.92 Å². The Bertz CT molecular complexity index is 305. The van der Waals surface area contributed by atoms with Crippen molar-refractivity contribution >= 4 is 28.7 Å². The molecule has 5 nitrogen and oxygen atoms in total. The van der Waals surface area contributed by atoms with Gasteiger partial charge in [0.2, 0.25) is 0 Å². The number of hydrogen-bond donors (Lipinski definition) is 1. The van der Waals surface area contributed by atoms with Crippen molar-refractivity contribution in [1.82, 2.24) is 4.41 Å². The molecule has 0 heterocycles. The fourth-order valence-electron chi connectivity index (χ4n) is 0.678. The van der Waals surface area contributed by atoms with Crippen molar-refractivity contribution in [3.63, 3.8) is 0 Å². The van der Waals surface area contributed by atoms with Gasteiger partial charge in [0.05, 0.1) is 11.8 Å². The summed E-state index contributed by atoms with van der Waals surface area (Å²) in [6.07, 6.45) is -3.82. The maximum atomic E-state index is 12.4. The lowest BCUT2D eigenvalue weighted by Crippen LogP contribution is -2.17. The number of allylic oxidation sites excluding steroid dienone is 1. The molecule has 0 aromatic rings. The lowest BCUT2D eigenvalue weighted by molar-refractivity contribution is -0.150. The predicted molar refractivity (Wildman–Crippen MR) is 56.9 cm³/mol. The number of hydrogen-bond acceptors (Lipinski definition) is 5. The fourth-order valence-corrected chi connectivity index (χ4v) is 0.807. The smallest absolute Gasteiger partial charge is 0.418 e. The number of rotatable bonds is 6. The molecule has 0 spiro atoms. The van der Waals surface area contributed by atoms with E-state index in [0.29, 0.717) is 35.4 Å². The van der Waals surface area contributed by atoms with Gasteiger partial charge in [-0.1, -0.05) is 0 Å². The summed E-state index contributed by atoms with van der Waals surface area (Å²) >= 11 is 0.404. The second-order valence-electron chi connectivity index (χ2n) is 2.65. The van der Waals surface area contributed by atoms with E-state index in [1.54, 1.807) is 6.92 Å². The van der Waals surface area contributed by atoms with Crippen molar-refractivity contribution < 1.29 is 27.4 Å². The van der Waals surface area contributed by atoms with E-state index < -0.39 is 17.7 Å². The predicted octanol–water partition coefficient (Wildman–Crippen LogP) is 0.136. The topological polar surface area (TPSA) is 59.9 Å². The van der Waals surface area contributed by atoms with Crippen LogP contribution in [0.3, 0.4) is 0 Å².